The fourth-order valence-corrected chi connectivity index (χ4v) is 6.11. The van der Waals surface area contributed by atoms with Crippen molar-refractivity contribution in [2.75, 3.05) is 0 Å². The van der Waals surface area contributed by atoms with Crippen LogP contribution in [0.4, 0.5) is 22.0 Å². The molecule has 0 radical (unpaired) electrons. The molecule has 0 aromatic heterocycles. The highest BCUT2D eigenvalue weighted by molar-refractivity contribution is 5.31. The summed E-state index contributed by atoms with van der Waals surface area (Å²) in [7, 11) is 0. The Labute approximate surface area is 222 Å². The van der Waals surface area contributed by atoms with Gasteiger partial charge in [0.05, 0.1) is 5.92 Å². The topological polar surface area (TPSA) is 18.5 Å². The maximum Gasteiger partial charge on any atom is 0.573 e. The number of benzene rings is 2. The van der Waals surface area contributed by atoms with Crippen LogP contribution >= 0.6 is 0 Å². The zero-order valence-electron chi connectivity index (χ0n) is 21.9. The van der Waals surface area contributed by atoms with E-state index in [9.17, 15) is 22.0 Å². The summed E-state index contributed by atoms with van der Waals surface area (Å²) in [5, 5.41) is 0. The summed E-state index contributed by atoms with van der Waals surface area (Å²) in [5.74, 6) is 0.0897. The third kappa shape index (κ3) is 7.97. The van der Waals surface area contributed by atoms with Gasteiger partial charge in [0.1, 0.15) is 11.5 Å². The Kier molecular flexibility index (Phi) is 9.37. The minimum atomic E-state index is -4.83. The molecule has 0 atom stereocenters. The predicted molar refractivity (Wildman–Crippen MR) is 138 cm³/mol. The molecule has 0 N–H and O–H groups in total. The molecule has 0 bridgehead atoms. The van der Waals surface area contributed by atoms with E-state index >= 15 is 0 Å². The lowest BCUT2D eigenvalue weighted by atomic mass is 9.68. The molecule has 7 heteroatoms. The number of allylic oxidation sites excluding steroid dienone is 2. The zero-order valence-corrected chi connectivity index (χ0v) is 21.9. The Balaban J connectivity index is 1.22. The highest BCUT2D eigenvalue weighted by atomic mass is 19.4. The van der Waals surface area contributed by atoms with Crippen LogP contribution in [0.3, 0.4) is 0 Å². The smallest absolute Gasteiger partial charge is 0.432 e. The van der Waals surface area contributed by atoms with Crippen molar-refractivity contribution in [1.29, 1.82) is 0 Å². The largest absolute Gasteiger partial charge is 0.573 e. The fraction of sp³-hybridized carbons (Fsp3) is 0.548. The van der Waals surface area contributed by atoms with Crippen molar-refractivity contribution in [1.82, 2.24) is 0 Å². The van der Waals surface area contributed by atoms with Gasteiger partial charge >= 0.3 is 12.5 Å². The molecular weight excluding hydrogens is 499 g/mol. The summed E-state index contributed by atoms with van der Waals surface area (Å²) in [5.41, 5.74) is 2.74. The first-order valence-corrected chi connectivity index (χ1v) is 13.8. The van der Waals surface area contributed by atoms with Crippen LogP contribution in [-0.2, 0) is 6.42 Å². The van der Waals surface area contributed by atoms with E-state index in [-0.39, 0.29) is 5.75 Å². The van der Waals surface area contributed by atoms with Gasteiger partial charge in [-0.3, -0.25) is 0 Å². The van der Waals surface area contributed by atoms with Crippen LogP contribution in [-0.4, -0.2) is 12.5 Å². The summed E-state index contributed by atoms with van der Waals surface area (Å²) in [6.07, 6.45) is 5.10. The predicted octanol–water partition coefficient (Wildman–Crippen LogP) is 9.85. The van der Waals surface area contributed by atoms with Crippen molar-refractivity contribution < 1.29 is 31.4 Å². The Morgan fingerprint density at radius 2 is 1.21 bits per heavy atom. The van der Waals surface area contributed by atoms with E-state index in [4.69, 9.17) is 4.74 Å². The Morgan fingerprint density at radius 3 is 1.74 bits per heavy atom. The van der Waals surface area contributed by atoms with E-state index in [1.807, 2.05) is 0 Å². The van der Waals surface area contributed by atoms with Gasteiger partial charge in [-0.15, -0.1) is 13.2 Å². The molecule has 208 valence electrons. The second-order valence-corrected chi connectivity index (χ2v) is 10.7. The maximum atomic E-state index is 14.9. The quantitative estimate of drug-likeness (QED) is 0.235. The molecule has 4 rings (SSSR count). The molecule has 0 spiro atoms. The van der Waals surface area contributed by atoms with Crippen LogP contribution in [0.1, 0.15) is 81.8 Å². The number of halogens is 5. The molecule has 2 nitrogen and oxygen atoms in total. The van der Waals surface area contributed by atoms with Crippen LogP contribution in [0.2, 0.25) is 0 Å². The molecule has 0 aliphatic heterocycles. The molecule has 0 amide bonds. The normalized spacial score (nSPS) is 24.9. The maximum absolute atomic E-state index is 14.9. The minimum absolute atomic E-state index is 0.171. The molecule has 0 saturated heterocycles. The minimum Gasteiger partial charge on any atom is -0.432 e. The number of ether oxygens (including phenoxy) is 2. The molecule has 2 aliphatic rings. The Morgan fingerprint density at radius 1 is 0.684 bits per heavy atom. The summed E-state index contributed by atoms with van der Waals surface area (Å²) < 4.78 is 75.3. The van der Waals surface area contributed by atoms with E-state index in [2.05, 4.69) is 48.1 Å². The number of rotatable bonds is 9. The molecule has 2 fully saturated rings. The first-order valence-electron chi connectivity index (χ1n) is 13.8. The molecule has 2 aliphatic carbocycles. The van der Waals surface area contributed by atoms with E-state index in [1.54, 1.807) is 0 Å². The standard InChI is InChI=1S/C31H37F5O2/c1-2-3-4-5-22-6-8-23(9-7-22)24-10-12-25(13-11-24)26-14-16-27(17-15-26)30(32,33)37-28-18-20-29(21-19-28)38-31(34,35)36/h3-4,6-9,18-21,24-27H,2,5,10-17H2,1H3/b4-3-. The van der Waals surface area contributed by atoms with Gasteiger partial charge in [-0.2, -0.15) is 8.78 Å². The molecule has 0 unspecified atom stereocenters. The van der Waals surface area contributed by atoms with Crippen molar-refractivity contribution >= 4 is 0 Å². The Hall–Kier alpha value is -2.57. The first-order chi connectivity index (χ1) is 18.1. The summed E-state index contributed by atoms with van der Waals surface area (Å²) >= 11 is 0. The van der Waals surface area contributed by atoms with Gasteiger partial charge in [-0.1, -0.05) is 43.3 Å². The van der Waals surface area contributed by atoms with Crippen LogP contribution in [0.25, 0.3) is 0 Å². The van der Waals surface area contributed by atoms with E-state index < -0.39 is 24.1 Å². The van der Waals surface area contributed by atoms with Gasteiger partial charge in [0.2, 0.25) is 0 Å². The average Bonchev–Trinajstić information content (AvgIpc) is 2.90. The Bertz CT molecular complexity index is 1010. The molecule has 2 saturated carbocycles. The first kappa shape index (κ1) is 28.4. The van der Waals surface area contributed by atoms with Gasteiger partial charge in [0, 0.05) is 0 Å². The van der Waals surface area contributed by atoms with Crippen molar-refractivity contribution in [3.63, 3.8) is 0 Å². The average molecular weight is 537 g/mol. The third-order valence-corrected chi connectivity index (χ3v) is 8.20. The van der Waals surface area contributed by atoms with Crippen molar-refractivity contribution in [2.24, 2.45) is 17.8 Å². The SMILES string of the molecule is CC/C=C\Cc1ccc(C2CCC(C3CCC(C(F)(F)Oc4ccc(OC(F)(F)F)cc4)CC3)CC2)cc1. The summed E-state index contributed by atoms with van der Waals surface area (Å²) in [6.45, 7) is 2.14. The van der Waals surface area contributed by atoms with Crippen LogP contribution in [0.15, 0.2) is 60.7 Å². The van der Waals surface area contributed by atoms with Crippen molar-refractivity contribution in [3.05, 3.63) is 71.8 Å². The van der Waals surface area contributed by atoms with E-state index in [0.29, 0.717) is 30.6 Å². The second-order valence-electron chi connectivity index (χ2n) is 10.7. The lowest BCUT2D eigenvalue weighted by molar-refractivity contribution is -0.274. The number of hydrogen-bond donors (Lipinski definition) is 0. The monoisotopic (exact) mass is 536 g/mol. The highest BCUT2D eigenvalue weighted by Crippen LogP contribution is 2.47. The number of hydrogen-bond acceptors (Lipinski definition) is 2. The molecule has 2 aromatic carbocycles. The third-order valence-electron chi connectivity index (χ3n) is 8.20. The number of alkyl halides is 5. The lowest BCUT2D eigenvalue weighted by Gasteiger charge is -2.39. The summed E-state index contributed by atoms with van der Waals surface area (Å²) in [6, 6.07) is 13.1. The van der Waals surface area contributed by atoms with Gasteiger partial charge in [0.15, 0.2) is 0 Å². The molecule has 2 aromatic rings. The van der Waals surface area contributed by atoms with Crippen LogP contribution in [0, 0.1) is 17.8 Å². The van der Waals surface area contributed by atoms with Crippen molar-refractivity contribution in [2.45, 2.75) is 89.5 Å². The molecule has 0 heterocycles. The van der Waals surface area contributed by atoms with Crippen LogP contribution < -0.4 is 9.47 Å². The molecular formula is C31H37F5O2. The van der Waals surface area contributed by atoms with Gasteiger partial charge in [-0.25, -0.2) is 0 Å². The van der Waals surface area contributed by atoms with E-state index in [0.717, 1.165) is 75.6 Å². The van der Waals surface area contributed by atoms with Crippen LogP contribution in [0.5, 0.6) is 11.5 Å². The molecule has 38 heavy (non-hydrogen) atoms. The summed E-state index contributed by atoms with van der Waals surface area (Å²) in [4.78, 5) is 0. The lowest BCUT2D eigenvalue weighted by Crippen LogP contribution is -2.38. The second kappa shape index (κ2) is 12.5. The fourth-order valence-electron chi connectivity index (χ4n) is 6.11. The highest BCUT2D eigenvalue weighted by Gasteiger charge is 2.45. The van der Waals surface area contributed by atoms with Gasteiger partial charge in [0.25, 0.3) is 0 Å². The van der Waals surface area contributed by atoms with Gasteiger partial charge < -0.3 is 9.47 Å². The van der Waals surface area contributed by atoms with E-state index in [1.165, 1.54) is 11.1 Å². The van der Waals surface area contributed by atoms with Crippen molar-refractivity contribution in [3.8, 4) is 11.5 Å². The zero-order chi connectivity index (χ0) is 27.2. The van der Waals surface area contributed by atoms with Gasteiger partial charge in [-0.05, 0) is 117 Å².